The molecule has 0 saturated carbocycles. The van der Waals surface area contributed by atoms with Crippen molar-refractivity contribution in [1.82, 2.24) is 24.0 Å². The predicted octanol–water partition coefficient (Wildman–Crippen LogP) is 2.19. The van der Waals surface area contributed by atoms with Crippen molar-refractivity contribution in [3.63, 3.8) is 0 Å². The van der Waals surface area contributed by atoms with Gasteiger partial charge in [0.25, 0.3) is 11.5 Å². The first kappa shape index (κ1) is 28.8. The first-order valence-corrected chi connectivity index (χ1v) is 16.1. The zero-order valence-electron chi connectivity index (χ0n) is 23.7. The molecule has 1 aromatic heterocycles. The van der Waals surface area contributed by atoms with Crippen molar-refractivity contribution in [2.75, 3.05) is 38.5 Å². The first-order valence-electron chi connectivity index (χ1n) is 14.5. The molecule has 0 spiro atoms. The van der Waals surface area contributed by atoms with E-state index in [0.717, 1.165) is 36.6 Å². The number of aromatic nitrogens is 1. The fourth-order valence-electron chi connectivity index (χ4n) is 6.82. The van der Waals surface area contributed by atoms with Gasteiger partial charge in [-0.05, 0) is 70.0 Å². The number of nitrogens with zero attached hydrogens (tertiary/aromatic N) is 4. The van der Waals surface area contributed by atoms with E-state index in [1.54, 1.807) is 15.5 Å². The van der Waals surface area contributed by atoms with E-state index < -0.39 is 10.0 Å². The van der Waals surface area contributed by atoms with Gasteiger partial charge >= 0.3 is 0 Å². The van der Waals surface area contributed by atoms with E-state index in [2.05, 4.69) is 10.2 Å². The summed E-state index contributed by atoms with van der Waals surface area (Å²) in [6, 6.07) is 9.86. The minimum atomic E-state index is -3.35. The van der Waals surface area contributed by atoms with E-state index in [9.17, 15) is 22.8 Å². The molecule has 40 heavy (non-hydrogen) atoms. The van der Waals surface area contributed by atoms with Gasteiger partial charge in [-0.1, -0.05) is 18.2 Å². The quantitative estimate of drug-likeness (QED) is 0.520. The number of benzene rings is 1. The summed E-state index contributed by atoms with van der Waals surface area (Å²) in [5.74, 6) is -0.233. The Balaban J connectivity index is 1.17. The Morgan fingerprint density at radius 3 is 2.30 bits per heavy atom. The number of nitrogens with one attached hydrogen (secondary N) is 1. The van der Waals surface area contributed by atoms with Gasteiger partial charge in [0.1, 0.15) is 5.56 Å². The van der Waals surface area contributed by atoms with Crippen LogP contribution in [0.4, 0.5) is 0 Å². The monoisotopic (exact) mass is 571 g/mol. The molecule has 218 valence electrons. The van der Waals surface area contributed by atoms with Crippen LogP contribution in [0.3, 0.4) is 0 Å². The van der Waals surface area contributed by atoms with Gasteiger partial charge in [0, 0.05) is 57.3 Å². The number of hydrogen-bond acceptors (Lipinski definition) is 6. The molecule has 3 aliphatic rings. The lowest BCUT2D eigenvalue weighted by Gasteiger charge is -2.39. The normalized spacial score (nSPS) is 24.1. The standard InChI is InChI=1S/C29H41N5O5S/c1-20(2)34-27-8-5-4-7-22(27)17-26(29(34)37)28(36)30-23-18-24-9-10-25(19-23)33(24)11-6-16-40(38,39)32-14-12-31(13-15-32)21(3)35/h4-5,7-8,17,20,23-25H,6,9-16,18-19H2,1-3H3,(H,30,36). The molecule has 5 rings (SSSR count). The van der Waals surface area contributed by atoms with Gasteiger partial charge in [-0.3, -0.25) is 19.3 Å². The minimum absolute atomic E-state index is 0.0130. The summed E-state index contributed by atoms with van der Waals surface area (Å²) in [5, 5.41) is 4.02. The highest BCUT2D eigenvalue weighted by Gasteiger charge is 2.41. The Morgan fingerprint density at radius 1 is 1.02 bits per heavy atom. The van der Waals surface area contributed by atoms with Crippen LogP contribution in [0.5, 0.6) is 0 Å². The summed E-state index contributed by atoms with van der Waals surface area (Å²) in [6.45, 7) is 7.73. The Hall–Kier alpha value is -2.76. The number of pyridine rings is 1. The highest BCUT2D eigenvalue weighted by molar-refractivity contribution is 7.89. The van der Waals surface area contributed by atoms with Crippen LogP contribution >= 0.6 is 0 Å². The molecule has 1 aromatic carbocycles. The molecule has 11 heteroatoms. The maximum atomic E-state index is 13.3. The van der Waals surface area contributed by atoms with Gasteiger partial charge in [-0.2, -0.15) is 4.31 Å². The number of hydrogen-bond donors (Lipinski definition) is 1. The molecule has 3 saturated heterocycles. The number of fused-ring (bicyclic) bond motifs is 3. The van der Waals surface area contributed by atoms with E-state index in [-0.39, 0.29) is 40.8 Å². The SMILES string of the molecule is CC(=O)N1CCN(S(=O)(=O)CCCN2C3CCC2CC(NC(=O)c2cc4ccccc4n(C(C)C)c2=O)C3)CC1. The summed E-state index contributed by atoms with van der Waals surface area (Å²) in [4.78, 5) is 42.3. The summed E-state index contributed by atoms with van der Waals surface area (Å²) in [5.41, 5.74) is 0.734. The van der Waals surface area contributed by atoms with Crippen LogP contribution in [0.15, 0.2) is 35.1 Å². The van der Waals surface area contributed by atoms with Crippen LogP contribution in [-0.4, -0.2) is 95.5 Å². The van der Waals surface area contributed by atoms with Crippen molar-refractivity contribution >= 4 is 32.7 Å². The molecular formula is C29H41N5O5S. The lowest BCUT2D eigenvalue weighted by atomic mass is 9.96. The van der Waals surface area contributed by atoms with E-state index in [1.807, 2.05) is 38.1 Å². The lowest BCUT2D eigenvalue weighted by molar-refractivity contribution is -0.129. The van der Waals surface area contributed by atoms with Crippen molar-refractivity contribution in [2.24, 2.45) is 0 Å². The third-order valence-corrected chi connectivity index (χ3v) is 10.8. The maximum Gasteiger partial charge on any atom is 0.264 e. The number of piperidine rings is 1. The number of carbonyl (C=O) groups is 2. The molecule has 4 heterocycles. The molecule has 2 aromatic rings. The van der Waals surface area contributed by atoms with Gasteiger partial charge in [0.05, 0.1) is 11.3 Å². The topological polar surface area (TPSA) is 112 Å². The molecule has 2 unspecified atom stereocenters. The second kappa shape index (κ2) is 11.6. The number of rotatable bonds is 8. The summed E-state index contributed by atoms with van der Waals surface area (Å²) < 4.78 is 29.0. The molecule has 3 aliphatic heterocycles. The molecular weight excluding hydrogens is 530 g/mol. The molecule has 1 N–H and O–H groups in total. The minimum Gasteiger partial charge on any atom is -0.349 e. The van der Waals surface area contributed by atoms with Crippen molar-refractivity contribution in [2.45, 2.75) is 77.0 Å². The highest BCUT2D eigenvalue weighted by Crippen LogP contribution is 2.36. The van der Waals surface area contributed by atoms with E-state index in [0.29, 0.717) is 51.2 Å². The van der Waals surface area contributed by atoms with Crippen molar-refractivity contribution in [3.05, 3.63) is 46.2 Å². The third-order valence-electron chi connectivity index (χ3n) is 8.82. The van der Waals surface area contributed by atoms with Crippen molar-refractivity contribution < 1.29 is 18.0 Å². The molecule has 3 fully saturated rings. The van der Waals surface area contributed by atoms with Crippen LogP contribution in [0.25, 0.3) is 10.9 Å². The number of para-hydroxylation sites is 1. The van der Waals surface area contributed by atoms with E-state index in [1.165, 1.54) is 11.2 Å². The van der Waals surface area contributed by atoms with Gasteiger partial charge in [-0.15, -0.1) is 0 Å². The number of amides is 2. The highest BCUT2D eigenvalue weighted by atomic mass is 32.2. The van der Waals surface area contributed by atoms with Crippen LogP contribution in [0, 0.1) is 0 Å². The summed E-state index contributed by atoms with van der Waals surface area (Å²) in [6.07, 6.45) is 4.23. The van der Waals surface area contributed by atoms with Gasteiger partial charge in [-0.25, -0.2) is 8.42 Å². The van der Waals surface area contributed by atoms with Gasteiger partial charge in [0.2, 0.25) is 15.9 Å². The molecule has 10 nitrogen and oxygen atoms in total. The number of carbonyl (C=O) groups excluding carboxylic acids is 2. The molecule has 2 bridgehead atoms. The Labute approximate surface area is 236 Å². The van der Waals surface area contributed by atoms with Crippen molar-refractivity contribution in [1.29, 1.82) is 0 Å². The van der Waals surface area contributed by atoms with Crippen molar-refractivity contribution in [3.8, 4) is 0 Å². The van der Waals surface area contributed by atoms with Gasteiger partial charge in [0.15, 0.2) is 0 Å². The van der Waals surface area contributed by atoms with E-state index in [4.69, 9.17) is 0 Å². The Morgan fingerprint density at radius 2 is 1.68 bits per heavy atom. The lowest BCUT2D eigenvalue weighted by Crippen LogP contribution is -2.52. The largest absolute Gasteiger partial charge is 0.349 e. The van der Waals surface area contributed by atoms with Crippen LogP contribution < -0.4 is 10.9 Å². The first-order chi connectivity index (χ1) is 19.0. The summed E-state index contributed by atoms with van der Waals surface area (Å²) in [7, 11) is -3.35. The molecule has 0 radical (unpaired) electrons. The fourth-order valence-corrected chi connectivity index (χ4v) is 8.29. The number of sulfonamides is 1. The summed E-state index contributed by atoms with van der Waals surface area (Å²) >= 11 is 0. The molecule has 2 amide bonds. The van der Waals surface area contributed by atoms with Crippen LogP contribution in [0.1, 0.15) is 69.3 Å². The number of piperazine rings is 1. The van der Waals surface area contributed by atoms with Crippen LogP contribution in [-0.2, 0) is 14.8 Å². The average Bonchev–Trinajstić information content (AvgIpc) is 3.15. The second-order valence-corrected chi connectivity index (χ2v) is 13.8. The zero-order chi connectivity index (χ0) is 28.6. The van der Waals surface area contributed by atoms with Gasteiger partial charge < -0.3 is 14.8 Å². The Bertz CT molecular complexity index is 1420. The zero-order valence-corrected chi connectivity index (χ0v) is 24.5. The smallest absolute Gasteiger partial charge is 0.264 e. The second-order valence-electron chi connectivity index (χ2n) is 11.7. The fraction of sp³-hybridized carbons (Fsp3) is 0.621. The van der Waals surface area contributed by atoms with Crippen LogP contribution in [0.2, 0.25) is 0 Å². The van der Waals surface area contributed by atoms with E-state index >= 15 is 0 Å². The average molecular weight is 572 g/mol. The predicted molar refractivity (Wildman–Crippen MR) is 155 cm³/mol. The Kier molecular flexibility index (Phi) is 8.35. The molecule has 2 atom stereocenters. The maximum absolute atomic E-state index is 13.3. The third kappa shape index (κ3) is 5.82. The molecule has 0 aliphatic carbocycles.